The number of aryl methyl sites for hydroxylation is 1. The maximum Gasteiger partial charge on any atom is 0.243 e. The average molecular weight is 414 g/mol. The second kappa shape index (κ2) is 10.1. The number of rotatable bonds is 5. The van der Waals surface area contributed by atoms with Gasteiger partial charge in [-0.1, -0.05) is 13.8 Å². The number of aromatic nitrogens is 3. The lowest BCUT2D eigenvalue weighted by Gasteiger charge is -2.22. The van der Waals surface area contributed by atoms with Gasteiger partial charge in [0, 0.05) is 43.3 Å². The lowest BCUT2D eigenvalue weighted by atomic mass is 9.96. The van der Waals surface area contributed by atoms with Crippen LogP contribution in [-0.4, -0.2) is 27.0 Å². The lowest BCUT2D eigenvalue weighted by Crippen LogP contribution is -2.33. The lowest BCUT2D eigenvalue weighted by molar-refractivity contribution is -0.124. The molecule has 27 heavy (non-hydrogen) atoms. The van der Waals surface area contributed by atoms with Gasteiger partial charge in [0.25, 0.3) is 0 Å². The van der Waals surface area contributed by atoms with Crippen LogP contribution in [0.1, 0.15) is 60.9 Å². The van der Waals surface area contributed by atoms with Crippen molar-refractivity contribution < 1.29 is 4.79 Å². The monoisotopic (exact) mass is 413 g/mol. The highest BCUT2D eigenvalue weighted by Gasteiger charge is 2.21. The summed E-state index contributed by atoms with van der Waals surface area (Å²) in [4.78, 5) is 21.5. The van der Waals surface area contributed by atoms with Crippen LogP contribution in [-0.2, 0) is 24.3 Å². The maximum atomic E-state index is 12.7. The zero-order valence-corrected chi connectivity index (χ0v) is 17.9. The second-order valence-electron chi connectivity index (χ2n) is 6.99. The van der Waals surface area contributed by atoms with E-state index in [0.717, 1.165) is 36.6 Å². The third kappa shape index (κ3) is 5.00. The topological polar surface area (TPSA) is 71.8 Å². The Labute approximate surface area is 173 Å². The number of nitrogens with zero attached hydrogens (tertiary/aromatic N) is 3. The summed E-state index contributed by atoms with van der Waals surface area (Å²) >= 11 is 0. The Kier molecular flexibility index (Phi) is 8.72. The van der Waals surface area contributed by atoms with Crippen LogP contribution in [0.3, 0.4) is 0 Å². The van der Waals surface area contributed by atoms with E-state index in [9.17, 15) is 4.79 Å². The van der Waals surface area contributed by atoms with Gasteiger partial charge in [0.15, 0.2) is 0 Å². The second-order valence-corrected chi connectivity index (χ2v) is 6.99. The molecular formula is C19H29Cl2N5O. The van der Waals surface area contributed by atoms with Crippen molar-refractivity contribution in [3.63, 3.8) is 0 Å². The number of hydrogen-bond donors (Lipinski definition) is 2. The Morgan fingerprint density at radius 1 is 1.30 bits per heavy atom. The van der Waals surface area contributed by atoms with Gasteiger partial charge < -0.3 is 15.2 Å². The summed E-state index contributed by atoms with van der Waals surface area (Å²) in [6.07, 6.45) is 6.57. The molecule has 0 aromatic carbocycles. The number of fused-ring (bicyclic) bond motifs is 1. The average Bonchev–Trinajstić information content (AvgIpc) is 3.10. The van der Waals surface area contributed by atoms with E-state index in [1.165, 1.54) is 11.1 Å². The highest BCUT2D eigenvalue weighted by molar-refractivity contribution is 5.85. The zero-order chi connectivity index (χ0) is 18.0. The number of pyridine rings is 1. The highest BCUT2D eigenvalue weighted by atomic mass is 35.5. The van der Waals surface area contributed by atoms with E-state index in [-0.39, 0.29) is 42.7 Å². The zero-order valence-electron chi connectivity index (χ0n) is 16.3. The molecule has 0 saturated carbocycles. The third-order valence-corrected chi connectivity index (χ3v) is 4.92. The van der Waals surface area contributed by atoms with Crippen LogP contribution in [0.2, 0.25) is 0 Å². The summed E-state index contributed by atoms with van der Waals surface area (Å²) in [6, 6.07) is -0.283. The first-order valence-electron chi connectivity index (χ1n) is 8.96. The van der Waals surface area contributed by atoms with Crippen molar-refractivity contribution >= 4 is 30.7 Å². The Balaban J connectivity index is 0.00000182. The third-order valence-electron chi connectivity index (χ3n) is 4.92. The van der Waals surface area contributed by atoms with Crippen molar-refractivity contribution in [2.75, 3.05) is 6.54 Å². The van der Waals surface area contributed by atoms with E-state index in [0.29, 0.717) is 6.54 Å². The molecule has 2 aromatic heterocycles. The first kappa shape index (κ1) is 23.4. The number of imidazole rings is 1. The minimum Gasteiger partial charge on any atom is -0.350 e. The highest BCUT2D eigenvalue weighted by Crippen LogP contribution is 2.21. The Morgan fingerprint density at radius 2 is 2.04 bits per heavy atom. The van der Waals surface area contributed by atoms with E-state index in [1.54, 1.807) is 6.20 Å². The molecule has 1 unspecified atom stereocenters. The van der Waals surface area contributed by atoms with Gasteiger partial charge in [-0.25, -0.2) is 4.98 Å². The van der Waals surface area contributed by atoms with Crippen molar-refractivity contribution in [2.45, 2.75) is 59.2 Å². The van der Waals surface area contributed by atoms with Gasteiger partial charge in [-0.05, 0) is 43.5 Å². The molecule has 3 heterocycles. The molecule has 0 fully saturated rings. The maximum absolute atomic E-state index is 12.7. The van der Waals surface area contributed by atoms with Gasteiger partial charge in [0.05, 0.1) is 0 Å². The molecule has 1 atom stereocenters. The van der Waals surface area contributed by atoms with Crippen molar-refractivity contribution in [3.05, 3.63) is 46.8 Å². The molecule has 1 amide bonds. The first-order valence-corrected chi connectivity index (χ1v) is 8.96. The summed E-state index contributed by atoms with van der Waals surface area (Å²) in [5.41, 5.74) is 4.74. The Bertz CT molecular complexity index is 775. The number of halogens is 2. The van der Waals surface area contributed by atoms with E-state index >= 15 is 0 Å². The van der Waals surface area contributed by atoms with Gasteiger partial charge in [0.1, 0.15) is 11.9 Å². The minimum atomic E-state index is -0.283. The van der Waals surface area contributed by atoms with Crippen LogP contribution in [0.15, 0.2) is 18.6 Å². The van der Waals surface area contributed by atoms with Gasteiger partial charge in [0.2, 0.25) is 5.91 Å². The van der Waals surface area contributed by atoms with Crippen molar-refractivity contribution in [1.29, 1.82) is 0 Å². The molecule has 0 saturated heterocycles. The Hall–Kier alpha value is -1.63. The number of nitrogens with one attached hydrogen (secondary N) is 2. The van der Waals surface area contributed by atoms with Crippen LogP contribution in [0.25, 0.3) is 0 Å². The molecule has 2 N–H and O–H groups in total. The fourth-order valence-corrected chi connectivity index (χ4v) is 3.43. The summed E-state index contributed by atoms with van der Waals surface area (Å²) < 4.78 is 1.95. The van der Waals surface area contributed by atoms with Gasteiger partial charge >= 0.3 is 0 Å². The standard InChI is InChI=1S/C19H27N5O.2ClH/c1-12(2)18-21-7-8-24(18)14(4)19(25)23-11-17-13(3)22-10-15-9-20-6-5-16(15)17;;/h7-8,10,12,14,20H,5-6,9,11H2,1-4H3,(H,23,25);2*1H. The smallest absolute Gasteiger partial charge is 0.243 e. The van der Waals surface area contributed by atoms with Crippen LogP contribution in [0.5, 0.6) is 0 Å². The number of carbonyl (C=O) groups is 1. The number of amides is 1. The summed E-state index contributed by atoms with van der Waals surface area (Å²) in [5.74, 6) is 1.22. The predicted octanol–water partition coefficient (Wildman–Crippen LogP) is 3.08. The summed E-state index contributed by atoms with van der Waals surface area (Å²) in [6.45, 7) is 10.5. The Morgan fingerprint density at radius 3 is 2.74 bits per heavy atom. The molecule has 0 bridgehead atoms. The van der Waals surface area contributed by atoms with Gasteiger partial charge in [-0.3, -0.25) is 9.78 Å². The first-order chi connectivity index (χ1) is 12.0. The van der Waals surface area contributed by atoms with Crippen LogP contribution < -0.4 is 10.6 Å². The molecule has 1 aliphatic heterocycles. The van der Waals surface area contributed by atoms with Gasteiger partial charge in [-0.2, -0.15) is 0 Å². The quantitative estimate of drug-likeness (QED) is 0.789. The summed E-state index contributed by atoms with van der Waals surface area (Å²) in [7, 11) is 0. The molecule has 0 spiro atoms. The number of carbonyl (C=O) groups excluding carboxylic acids is 1. The molecule has 0 radical (unpaired) electrons. The minimum absolute atomic E-state index is 0. The molecular weight excluding hydrogens is 385 g/mol. The van der Waals surface area contributed by atoms with E-state index in [4.69, 9.17) is 0 Å². The molecule has 150 valence electrons. The molecule has 1 aliphatic rings. The van der Waals surface area contributed by atoms with Crippen LogP contribution in [0.4, 0.5) is 0 Å². The molecule has 6 nitrogen and oxygen atoms in total. The van der Waals surface area contributed by atoms with Gasteiger partial charge in [-0.15, -0.1) is 24.8 Å². The van der Waals surface area contributed by atoms with Crippen molar-refractivity contribution in [3.8, 4) is 0 Å². The van der Waals surface area contributed by atoms with Crippen LogP contribution >= 0.6 is 24.8 Å². The predicted molar refractivity (Wildman–Crippen MR) is 112 cm³/mol. The van der Waals surface area contributed by atoms with E-state index in [2.05, 4.69) is 34.4 Å². The SMILES string of the molecule is Cc1ncc2c(c1CNC(=O)C(C)n1ccnc1C(C)C)CCNC2.Cl.Cl. The van der Waals surface area contributed by atoms with E-state index < -0.39 is 0 Å². The fourth-order valence-electron chi connectivity index (χ4n) is 3.43. The van der Waals surface area contributed by atoms with E-state index in [1.807, 2.05) is 30.8 Å². The largest absolute Gasteiger partial charge is 0.350 e. The molecule has 0 aliphatic carbocycles. The van der Waals surface area contributed by atoms with Crippen molar-refractivity contribution in [1.82, 2.24) is 25.2 Å². The normalized spacial score (nSPS) is 14.0. The molecule has 8 heteroatoms. The molecule has 3 rings (SSSR count). The van der Waals surface area contributed by atoms with Crippen molar-refractivity contribution in [2.24, 2.45) is 0 Å². The molecule has 2 aromatic rings. The fraction of sp³-hybridized carbons (Fsp3) is 0.526. The summed E-state index contributed by atoms with van der Waals surface area (Å²) in [5, 5.41) is 6.46. The van der Waals surface area contributed by atoms with Crippen LogP contribution in [0, 0.1) is 6.92 Å². The number of hydrogen-bond acceptors (Lipinski definition) is 4.